The van der Waals surface area contributed by atoms with Crippen LogP contribution in [0.1, 0.15) is 17.0 Å². The summed E-state index contributed by atoms with van der Waals surface area (Å²) in [5.41, 5.74) is -0.966. The van der Waals surface area contributed by atoms with Gasteiger partial charge in [0.15, 0.2) is 0 Å². The van der Waals surface area contributed by atoms with E-state index in [1.165, 1.54) is 24.3 Å². The summed E-state index contributed by atoms with van der Waals surface area (Å²) in [6, 6.07) is 12.2. The fourth-order valence-electron chi connectivity index (χ4n) is 2.58. The number of phenols is 2. The third-order valence-corrected chi connectivity index (χ3v) is 3.62. The third-order valence-electron chi connectivity index (χ3n) is 3.62. The molecule has 0 aliphatic rings. The van der Waals surface area contributed by atoms with Gasteiger partial charge in [0.05, 0.1) is 0 Å². The molecular formula is C14H16B2O6. The Hall–Kier alpha value is -1.99. The maximum atomic E-state index is 10.0. The SMILES string of the molecule is OB(O)C(B(O)O)C(c1ccccc1O)c1ccccc1O. The fraction of sp³-hybridized carbons (Fsp3) is 0.143. The van der Waals surface area contributed by atoms with E-state index in [1.807, 2.05) is 0 Å². The van der Waals surface area contributed by atoms with Crippen molar-refractivity contribution in [1.82, 2.24) is 0 Å². The Morgan fingerprint density at radius 1 is 0.636 bits per heavy atom. The predicted octanol–water partition coefficient (Wildman–Crippen LogP) is 0.0847. The Bertz CT molecular complexity index is 581. The number of phenolic OH excluding ortho intramolecular Hbond substituents is 2. The lowest BCUT2D eigenvalue weighted by atomic mass is 9.46. The lowest BCUT2D eigenvalue weighted by Gasteiger charge is -2.28. The molecule has 0 spiro atoms. The minimum Gasteiger partial charge on any atom is -0.508 e. The van der Waals surface area contributed by atoms with Crippen LogP contribution >= 0.6 is 0 Å². The molecule has 114 valence electrons. The van der Waals surface area contributed by atoms with Crippen LogP contribution in [0.2, 0.25) is 5.72 Å². The Labute approximate surface area is 128 Å². The van der Waals surface area contributed by atoms with Crippen molar-refractivity contribution >= 4 is 14.2 Å². The number of hydrogen-bond donors (Lipinski definition) is 6. The van der Waals surface area contributed by atoms with Gasteiger partial charge in [0.25, 0.3) is 0 Å². The first-order chi connectivity index (χ1) is 10.4. The van der Waals surface area contributed by atoms with Crippen LogP contribution in [0.3, 0.4) is 0 Å². The van der Waals surface area contributed by atoms with E-state index in [1.54, 1.807) is 24.3 Å². The quantitative estimate of drug-likeness (QED) is 0.435. The van der Waals surface area contributed by atoms with E-state index in [-0.39, 0.29) is 22.6 Å². The summed E-state index contributed by atoms with van der Waals surface area (Å²) in [6.45, 7) is 0. The zero-order valence-electron chi connectivity index (χ0n) is 11.6. The van der Waals surface area contributed by atoms with Gasteiger partial charge >= 0.3 is 14.2 Å². The topological polar surface area (TPSA) is 121 Å². The Kier molecular flexibility index (Phi) is 5.10. The monoisotopic (exact) mass is 302 g/mol. The zero-order valence-corrected chi connectivity index (χ0v) is 11.6. The molecule has 8 heteroatoms. The highest BCUT2D eigenvalue weighted by atomic mass is 16.4. The molecule has 0 heterocycles. The smallest absolute Gasteiger partial charge is 0.453 e. The molecule has 22 heavy (non-hydrogen) atoms. The molecule has 0 saturated carbocycles. The van der Waals surface area contributed by atoms with Crippen LogP contribution in [-0.2, 0) is 0 Å². The number of aromatic hydroxyl groups is 2. The molecule has 0 radical (unpaired) electrons. The molecule has 0 amide bonds. The van der Waals surface area contributed by atoms with E-state index < -0.39 is 25.9 Å². The summed E-state index contributed by atoms with van der Waals surface area (Å²) >= 11 is 0. The molecule has 2 aromatic carbocycles. The largest absolute Gasteiger partial charge is 0.508 e. The van der Waals surface area contributed by atoms with Gasteiger partial charge in [-0.25, -0.2) is 0 Å². The first-order valence-electron chi connectivity index (χ1n) is 6.71. The van der Waals surface area contributed by atoms with E-state index in [4.69, 9.17) is 0 Å². The highest BCUT2D eigenvalue weighted by molar-refractivity contribution is 6.65. The van der Waals surface area contributed by atoms with Crippen LogP contribution in [0, 0.1) is 0 Å². The van der Waals surface area contributed by atoms with Crippen molar-refractivity contribution in [3.05, 3.63) is 59.7 Å². The summed E-state index contributed by atoms with van der Waals surface area (Å²) in [6.07, 6.45) is 0. The van der Waals surface area contributed by atoms with Crippen LogP contribution in [0.5, 0.6) is 11.5 Å². The number of rotatable bonds is 5. The molecule has 0 saturated heterocycles. The lowest BCUT2D eigenvalue weighted by molar-refractivity contribution is 0.348. The summed E-state index contributed by atoms with van der Waals surface area (Å²) in [5, 5.41) is 58.2. The molecule has 0 aliphatic carbocycles. The summed E-state index contributed by atoms with van der Waals surface area (Å²) < 4.78 is 0. The van der Waals surface area contributed by atoms with Crippen LogP contribution in [0.25, 0.3) is 0 Å². The second-order valence-corrected chi connectivity index (χ2v) is 5.00. The average Bonchev–Trinajstić information content (AvgIpc) is 2.45. The Balaban J connectivity index is 2.65. The molecule has 2 rings (SSSR count). The van der Waals surface area contributed by atoms with Gasteiger partial charge in [0.2, 0.25) is 0 Å². The number of para-hydroxylation sites is 2. The molecule has 6 nitrogen and oxygen atoms in total. The molecule has 0 bridgehead atoms. The summed E-state index contributed by atoms with van der Waals surface area (Å²) in [4.78, 5) is 0. The van der Waals surface area contributed by atoms with Crippen molar-refractivity contribution in [3.8, 4) is 11.5 Å². The predicted molar refractivity (Wildman–Crippen MR) is 82.2 cm³/mol. The molecule has 0 aromatic heterocycles. The molecule has 2 aromatic rings. The summed E-state index contributed by atoms with van der Waals surface area (Å²) in [5.74, 6) is -1.33. The number of hydrogen-bond acceptors (Lipinski definition) is 6. The Morgan fingerprint density at radius 2 is 1.00 bits per heavy atom. The fourth-order valence-corrected chi connectivity index (χ4v) is 2.58. The van der Waals surface area contributed by atoms with Crippen LogP contribution in [-0.4, -0.2) is 44.5 Å². The van der Waals surface area contributed by atoms with Crippen LogP contribution in [0.4, 0.5) is 0 Å². The van der Waals surface area contributed by atoms with Crippen molar-refractivity contribution in [3.63, 3.8) is 0 Å². The molecule has 6 N–H and O–H groups in total. The first kappa shape index (κ1) is 16.4. The van der Waals surface area contributed by atoms with E-state index in [0.717, 1.165) is 0 Å². The van der Waals surface area contributed by atoms with Crippen molar-refractivity contribution in [2.45, 2.75) is 11.6 Å². The zero-order chi connectivity index (χ0) is 16.3. The van der Waals surface area contributed by atoms with Gasteiger partial charge < -0.3 is 30.3 Å². The molecular weight excluding hydrogens is 286 g/mol. The van der Waals surface area contributed by atoms with Crippen molar-refractivity contribution in [2.24, 2.45) is 0 Å². The standard InChI is InChI=1S/C14H16B2O6/c17-11-7-3-1-5-9(11)13(14(15(19)20)16(21)22)10-6-2-4-8-12(10)18/h1-8,13-14,17-22H. The first-order valence-corrected chi connectivity index (χ1v) is 6.71. The van der Waals surface area contributed by atoms with Gasteiger partial charge in [0.1, 0.15) is 11.5 Å². The van der Waals surface area contributed by atoms with Crippen molar-refractivity contribution in [1.29, 1.82) is 0 Å². The second kappa shape index (κ2) is 6.85. The highest BCUT2D eigenvalue weighted by Gasteiger charge is 2.43. The van der Waals surface area contributed by atoms with Gasteiger partial charge in [-0.3, -0.25) is 0 Å². The van der Waals surface area contributed by atoms with Crippen LogP contribution < -0.4 is 0 Å². The van der Waals surface area contributed by atoms with Gasteiger partial charge in [-0.05, 0) is 12.1 Å². The van der Waals surface area contributed by atoms with E-state index in [0.29, 0.717) is 0 Å². The molecule has 0 aliphatic heterocycles. The maximum absolute atomic E-state index is 10.0. The average molecular weight is 302 g/mol. The van der Waals surface area contributed by atoms with Gasteiger partial charge in [-0.2, -0.15) is 0 Å². The van der Waals surface area contributed by atoms with E-state index in [2.05, 4.69) is 0 Å². The van der Waals surface area contributed by atoms with E-state index >= 15 is 0 Å². The van der Waals surface area contributed by atoms with Gasteiger partial charge in [0, 0.05) is 22.8 Å². The van der Waals surface area contributed by atoms with E-state index in [9.17, 15) is 30.3 Å². The number of benzene rings is 2. The Morgan fingerprint density at radius 3 is 1.32 bits per heavy atom. The minimum absolute atomic E-state index is 0.151. The summed E-state index contributed by atoms with van der Waals surface area (Å²) in [7, 11) is -4.13. The van der Waals surface area contributed by atoms with Crippen molar-refractivity contribution in [2.75, 3.05) is 0 Å². The molecule has 0 unspecified atom stereocenters. The molecule has 0 fully saturated rings. The van der Waals surface area contributed by atoms with Crippen molar-refractivity contribution < 1.29 is 30.3 Å². The van der Waals surface area contributed by atoms with Gasteiger partial charge in [-0.1, -0.05) is 36.4 Å². The second-order valence-electron chi connectivity index (χ2n) is 5.00. The highest BCUT2D eigenvalue weighted by Crippen LogP contribution is 2.43. The molecule has 0 atom stereocenters. The minimum atomic E-state index is -2.07. The van der Waals surface area contributed by atoms with Gasteiger partial charge in [-0.15, -0.1) is 0 Å². The normalized spacial score (nSPS) is 11.0. The lowest BCUT2D eigenvalue weighted by Crippen LogP contribution is -2.38. The van der Waals surface area contributed by atoms with Crippen LogP contribution in [0.15, 0.2) is 48.5 Å². The third kappa shape index (κ3) is 3.26. The maximum Gasteiger partial charge on any atom is 0.453 e.